The summed E-state index contributed by atoms with van der Waals surface area (Å²) >= 11 is 4.90. The number of hydrogen-bond donors (Lipinski definition) is 4. The Morgan fingerprint density at radius 3 is 2.24 bits per heavy atom. The first-order chi connectivity index (χ1) is 13.9. The summed E-state index contributed by atoms with van der Waals surface area (Å²) in [4.78, 5) is 35.3. The van der Waals surface area contributed by atoms with E-state index in [-0.39, 0.29) is 29.7 Å². The highest BCUT2D eigenvalue weighted by atomic mass is 32.1. The van der Waals surface area contributed by atoms with Crippen LogP contribution in [0.5, 0.6) is 0 Å². The van der Waals surface area contributed by atoms with E-state index in [1.54, 1.807) is 24.3 Å². The molecule has 2 rings (SSSR count). The number of hydrazine groups is 1. The van der Waals surface area contributed by atoms with Gasteiger partial charge in [0.15, 0.2) is 5.11 Å². The summed E-state index contributed by atoms with van der Waals surface area (Å²) in [7, 11) is 0. The molecule has 0 spiro atoms. The van der Waals surface area contributed by atoms with Crippen LogP contribution in [0.15, 0.2) is 60.7 Å². The zero-order valence-corrected chi connectivity index (χ0v) is 16.1. The Morgan fingerprint density at radius 2 is 1.55 bits per heavy atom. The summed E-state index contributed by atoms with van der Waals surface area (Å²) in [5.74, 6) is -1.66. The molecule has 0 aliphatic rings. The van der Waals surface area contributed by atoms with E-state index in [2.05, 4.69) is 21.5 Å². The van der Waals surface area contributed by atoms with E-state index >= 15 is 0 Å². The Kier molecular flexibility index (Phi) is 8.46. The van der Waals surface area contributed by atoms with Crippen LogP contribution in [0, 0.1) is 5.82 Å². The molecule has 9 heteroatoms. The molecule has 0 saturated carbocycles. The fraction of sp³-hybridized carbons (Fsp3) is 0.100. The van der Waals surface area contributed by atoms with Crippen molar-refractivity contribution in [3.63, 3.8) is 0 Å². The van der Waals surface area contributed by atoms with Crippen molar-refractivity contribution in [1.82, 2.24) is 16.2 Å². The van der Waals surface area contributed by atoms with E-state index in [9.17, 15) is 18.8 Å². The van der Waals surface area contributed by atoms with Gasteiger partial charge in [-0.15, -0.1) is 0 Å². The summed E-state index contributed by atoms with van der Waals surface area (Å²) in [6.07, 6.45) is 2.63. The number of benzene rings is 2. The smallest absolute Gasteiger partial charge is 0.250 e. The minimum absolute atomic E-state index is 0.0120. The molecule has 2 aromatic rings. The fourth-order valence-electron chi connectivity index (χ4n) is 2.09. The lowest BCUT2D eigenvalue weighted by Crippen LogP contribution is -2.48. The lowest BCUT2D eigenvalue weighted by atomic mass is 10.2. The maximum Gasteiger partial charge on any atom is 0.250 e. The average Bonchev–Trinajstić information content (AvgIpc) is 2.71. The summed E-state index contributed by atoms with van der Waals surface area (Å²) in [5, 5.41) is 4.90. The van der Waals surface area contributed by atoms with Gasteiger partial charge in [-0.2, -0.15) is 0 Å². The van der Waals surface area contributed by atoms with E-state index in [1.807, 2.05) is 6.07 Å². The van der Waals surface area contributed by atoms with Gasteiger partial charge in [-0.1, -0.05) is 30.3 Å². The first-order valence-corrected chi connectivity index (χ1v) is 9.01. The third kappa shape index (κ3) is 8.76. The molecule has 0 fully saturated rings. The Morgan fingerprint density at radius 1 is 0.897 bits per heavy atom. The number of carbonyl (C=O) groups is 3. The number of carbonyl (C=O) groups excluding carboxylic acids is 3. The maximum atomic E-state index is 12.8. The number of anilines is 1. The van der Waals surface area contributed by atoms with Crippen molar-refractivity contribution in [3.05, 3.63) is 72.1 Å². The topological polar surface area (TPSA) is 99.3 Å². The summed E-state index contributed by atoms with van der Waals surface area (Å²) in [5.41, 5.74) is 5.96. The van der Waals surface area contributed by atoms with E-state index in [4.69, 9.17) is 12.2 Å². The first-order valence-electron chi connectivity index (χ1n) is 8.61. The molecule has 0 atom stereocenters. The van der Waals surface area contributed by atoms with Crippen LogP contribution in [0.2, 0.25) is 0 Å². The van der Waals surface area contributed by atoms with Crippen molar-refractivity contribution in [2.45, 2.75) is 12.8 Å². The Bertz CT molecular complexity index is 902. The summed E-state index contributed by atoms with van der Waals surface area (Å²) < 4.78 is 12.8. The summed E-state index contributed by atoms with van der Waals surface area (Å²) in [6.45, 7) is 0. The zero-order valence-electron chi connectivity index (χ0n) is 15.3. The van der Waals surface area contributed by atoms with Crippen LogP contribution in [0.3, 0.4) is 0 Å². The molecular formula is C20H19FN4O3S. The van der Waals surface area contributed by atoms with Gasteiger partial charge in [0.2, 0.25) is 17.7 Å². The molecule has 7 nitrogen and oxygen atoms in total. The molecule has 2 aromatic carbocycles. The molecule has 29 heavy (non-hydrogen) atoms. The van der Waals surface area contributed by atoms with Crippen molar-refractivity contribution >= 4 is 46.8 Å². The highest BCUT2D eigenvalue weighted by Gasteiger charge is 2.08. The second-order valence-corrected chi connectivity index (χ2v) is 6.20. The molecule has 0 aliphatic heterocycles. The molecule has 0 aliphatic carbocycles. The predicted octanol–water partition coefficient (Wildman–Crippen LogP) is 2.28. The molecule has 0 radical (unpaired) electrons. The number of para-hydroxylation sites is 1. The van der Waals surface area contributed by atoms with Crippen LogP contribution < -0.4 is 21.5 Å². The van der Waals surface area contributed by atoms with Gasteiger partial charge in [-0.25, -0.2) is 4.39 Å². The van der Waals surface area contributed by atoms with Gasteiger partial charge >= 0.3 is 0 Å². The monoisotopic (exact) mass is 414 g/mol. The van der Waals surface area contributed by atoms with Crippen molar-refractivity contribution in [2.75, 3.05) is 5.32 Å². The first kappa shape index (κ1) is 21.7. The van der Waals surface area contributed by atoms with Crippen molar-refractivity contribution < 1.29 is 18.8 Å². The highest BCUT2D eigenvalue weighted by molar-refractivity contribution is 7.80. The molecule has 4 N–H and O–H groups in total. The molecule has 0 aromatic heterocycles. The van der Waals surface area contributed by atoms with Crippen molar-refractivity contribution in [3.8, 4) is 0 Å². The fourth-order valence-corrected chi connectivity index (χ4v) is 2.24. The van der Waals surface area contributed by atoms with E-state index in [0.717, 1.165) is 0 Å². The normalized spacial score (nSPS) is 10.2. The van der Waals surface area contributed by atoms with Crippen LogP contribution in [0.4, 0.5) is 10.1 Å². The van der Waals surface area contributed by atoms with Gasteiger partial charge in [0.1, 0.15) is 5.82 Å². The Labute approximate surface area is 172 Å². The molecule has 0 saturated heterocycles. The van der Waals surface area contributed by atoms with Gasteiger partial charge in [0.25, 0.3) is 0 Å². The third-order valence-electron chi connectivity index (χ3n) is 3.49. The molecule has 3 amide bonds. The zero-order chi connectivity index (χ0) is 21.1. The van der Waals surface area contributed by atoms with Gasteiger partial charge in [-0.3, -0.25) is 30.6 Å². The number of hydrogen-bond acceptors (Lipinski definition) is 4. The number of thiocarbonyl (C=S) groups is 1. The SMILES string of the molecule is O=C(C=Cc1ccc(F)cc1)NC(=S)NNC(=O)CCC(=O)Nc1ccccc1. The standard InChI is InChI=1S/C20H19FN4O3S/c21-15-9-6-14(7-10-15)8-11-18(27)23-20(29)25-24-19(28)13-12-17(26)22-16-4-2-1-3-5-16/h1-11H,12-13H2,(H,22,26)(H,24,28)(H2,23,25,27,29). The van der Waals surface area contributed by atoms with Gasteiger partial charge in [0.05, 0.1) is 0 Å². The Hall–Kier alpha value is -3.59. The number of amides is 3. The second-order valence-electron chi connectivity index (χ2n) is 5.79. The minimum atomic E-state index is -0.525. The van der Waals surface area contributed by atoms with Crippen LogP contribution >= 0.6 is 12.2 Å². The van der Waals surface area contributed by atoms with Crippen molar-refractivity contribution in [1.29, 1.82) is 0 Å². The van der Waals surface area contributed by atoms with Crippen LogP contribution in [0.1, 0.15) is 18.4 Å². The molecule has 0 heterocycles. The largest absolute Gasteiger partial charge is 0.326 e. The van der Waals surface area contributed by atoms with Crippen molar-refractivity contribution in [2.24, 2.45) is 0 Å². The van der Waals surface area contributed by atoms with Gasteiger partial charge < -0.3 is 5.32 Å². The van der Waals surface area contributed by atoms with E-state index in [1.165, 1.54) is 36.4 Å². The Balaban J connectivity index is 1.64. The second kappa shape index (κ2) is 11.3. The van der Waals surface area contributed by atoms with Crippen LogP contribution in [-0.4, -0.2) is 22.8 Å². The van der Waals surface area contributed by atoms with Gasteiger partial charge in [0, 0.05) is 24.6 Å². The lowest BCUT2D eigenvalue weighted by Gasteiger charge is -2.10. The molecule has 0 unspecified atom stereocenters. The quantitative estimate of drug-likeness (QED) is 0.330. The lowest BCUT2D eigenvalue weighted by molar-refractivity contribution is -0.124. The number of halogens is 1. The van der Waals surface area contributed by atoms with Gasteiger partial charge in [-0.05, 0) is 48.1 Å². The molecule has 150 valence electrons. The molecule has 0 bridgehead atoms. The van der Waals surface area contributed by atoms with E-state index in [0.29, 0.717) is 11.3 Å². The molecular weight excluding hydrogens is 395 g/mol. The summed E-state index contributed by atoms with van der Waals surface area (Å²) in [6, 6.07) is 14.5. The highest BCUT2D eigenvalue weighted by Crippen LogP contribution is 2.06. The minimum Gasteiger partial charge on any atom is -0.326 e. The van der Waals surface area contributed by atoms with Crippen LogP contribution in [-0.2, 0) is 14.4 Å². The predicted molar refractivity (Wildman–Crippen MR) is 112 cm³/mol. The third-order valence-corrected chi connectivity index (χ3v) is 3.69. The average molecular weight is 414 g/mol. The number of nitrogens with one attached hydrogen (secondary N) is 4. The van der Waals surface area contributed by atoms with Crippen LogP contribution in [0.25, 0.3) is 6.08 Å². The maximum absolute atomic E-state index is 12.8. The number of rotatable bonds is 6. The van der Waals surface area contributed by atoms with E-state index < -0.39 is 11.8 Å².